The van der Waals surface area contributed by atoms with E-state index in [0.29, 0.717) is 23.2 Å². The Kier molecular flexibility index (Phi) is 4.20. The molecule has 2 aliphatic rings. The van der Waals surface area contributed by atoms with Crippen LogP contribution < -0.4 is 15.8 Å². The van der Waals surface area contributed by atoms with Gasteiger partial charge in [-0.05, 0) is 62.8 Å². The molecule has 0 aliphatic carbocycles. The molecule has 1 amide bonds. The highest BCUT2D eigenvalue weighted by molar-refractivity contribution is 7.89. The molecule has 0 spiro atoms. The summed E-state index contributed by atoms with van der Waals surface area (Å²) in [7, 11) is -3.84. The van der Waals surface area contributed by atoms with Gasteiger partial charge in [-0.3, -0.25) is 4.79 Å². The first-order chi connectivity index (χ1) is 10.7. The van der Waals surface area contributed by atoms with Crippen LogP contribution in [-0.4, -0.2) is 32.5 Å². The van der Waals surface area contributed by atoms with Crippen molar-refractivity contribution in [3.8, 4) is 0 Å². The van der Waals surface area contributed by atoms with Crippen molar-refractivity contribution in [2.75, 3.05) is 0 Å². The summed E-state index contributed by atoms with van der Waals surface area (Å²) in [6, 6.07) is 4.20. The lowest BCUT2D eigenvalue weighted by Gasteiger charge is -2.29. The third kappa shape index (κ3) is 3.41. The zero-order valence-electron chi connectivity index (χ0n) is 13.4. The van der Waals surface area contributed by atoms with E-state index in [4.69, 9.17) is 5.14 Å². The van der Waals surface area contributed by atoms with Crippen LogP contribution in [0.1, 0.15) is 47.2 Å². The summed E-state index contributed by atoms with van der Waals surface area (Å²) in [5.74, 6) is -0.232. The number of hydrogen-bond donors (Lipinski definition) is 3. The molecule has 2 heterocycles. The maximum atomic E-state index is 12.5. The predicted octanol–water partition coefficient (Wildman–Crippen LogP) is 0.964. The molecule has 6 nitrogen and oxygen atoms in total. The van der Waals surface area contributed by atoms with Gasteiger partial charge >= 0.3 is 0 Å². The Morgan fingerprint density at radius 1 is 1.22 bits per heavy atom. The summed E-state index contributed by atoms with van der Waals surface area (Å²) in [6.07, 6.45) is 4.18. The van der Waals surface area contributed by atoms with Gasteiger partial charge in [0.2, 0.25) is 10.0 Å². The Morgan fingerprint density at radius 2 is 1.83 bits per heavy atom. The van der Waals surface area contributed by atoms with Crippen LogP contribution in [0.2, 0.25) is 0 Å². The van der Waals surface area contributed by atoms with Crippen LogP contribution in [-0.2, 0) is 10.0 Å². The van der Waals surface area contributed by atoms with E-state index in [2.05, 4.69) is 10.6 Å². The molecule has 2 bridgehead atoms. The highest BCUT2D eigenvalue weighted by atomic mass is 32.2. The average Bonchev–Trinajstić information content (AvgIpc) is 2.79. The van der Waals surface area contributed by atoms with Crippen LogP contribution in [0.3, 0.4) is 0 Å². The number of carbonyl (C=O) groups is 1. The average molecular weight is 337 g/mol. The zero-order chi connectivity index (χ0) is 16.8. The van der Waals surface area contributed by atoms with Crippen molar-refractivity contribution in [3.63, 3.8) is 0 Å². The van der Waals surface area contributed by atoms with E-state index >= 15 is 0 Å². The minimum atomic E-state index is -3.84. The largest absolute Gasteiger partial charge is 0.349 e. The number of sulfonamides is 1. The molecule has 2 saturated heterocycles. The van der Waals surface area contributed by atoms with Crippen LogP contribution >= 0.6 is 0 Å². The molecule has 2 aliphatic heterocycles. The number of nitrogens with one attached hydrogen (secondary N) is 2. The normalized spacial score (nSPS) is 27.0. The molecule has 2 unspecified atom stereocenters. The number of aryl methyl sites for hydroxylation is 1. The van der Waals surface area contributed by atoms with Crippen molar-refractivity contribution < 1.29 is 13.2 Å². The Labute approximate surface area is 136 Å². The van der Waals surface area contributed by atoms with Crippen LogP contribution in [0.5, 0.6) is 0 Å². The zero-order valence-corrected chi connectivity index (χ0v) is 14.2. The van der Waals surface area contributed by atoms with E-state index in [1.807, 2.05) is 0 Å². The fourth-order valence-electron chi connectivity index (χ4n) is 3.70. The number of benzene rings is 1. The number of piperidine rings is 1. The van der Waals surface area contributed by atoms with Crippen molar-refractivity contribution in [1.29, 1.82) is 0 Å². The van der Waals surface area contributed by atoms with Gasteiger partial charge in [0.1, 0.15) is 0 Å². The molecule has 7 heteroatoms. The van der Waals surface area contributed by atoms with Crippen LogP contribution in [0.4, 0.5) is 0 Å². The molecule has 4 N–H and O–H groups in total. The fraction of sp³-hybridized carbons (Fsp3) is 0.562. The third-order valence-electron chi connectivity index (χ3n) is 5.00. The molecule has 0 radical (unpaired) electrons. The Bertz CT molecular complexity index is 733. The molecular formula is C16H23N3O3S. The van der Waals surface area contributed by atoms with Crippen molar-refractivity contribution in [1.82, 2.24) is 10.6 Å². The molecule has 23 heavy (non-hydrogen) atoms. The summed E-state index contributed by atoms with van der Waals surface area (Å²) in [5.41, 5.74) is 1.68. The van der Waals surface area contributed by atoms with Gasteiger partial charge in [0.05, 0.1) is 4.90 Å². The van der Waals surface area contributed by atoms with E-state index < -0.39 is 10.0 Å². The minimum absolute atomic E-state index is 0.0213. The van der Waals surface area contributed by atoms with E-state index in [0.717, 1.165) is 31.2 Å². The molecule has 0 aromatic heterocycles. The van der Waals surface area contributed by atoms with Gasteiger partial charge in [0.25, 0.3) is 5.91 Å². The Balaban J connectivity index is 1.81. The van der Waals surface area contributed by atoms with Crippen molar-refractivity contribution in [2.45, 2.75) is 62.6 Å². The number of rotatable bonds is 3. The molecule has 1 aromatic carbocycles. The van der Waals surface area contributed by atoms with Crippen LogP contribution in [0.25, 0.3) is 0 Å². The van der Waals surface area contributed by atoms with Crippen molar-refractivity contribution >= 4 is 15.9 Å². The summed E-state index contributed by atoms with van der Waals surface area (Å²) < 4.78 is 23.4. The molecule has 2 atom stereocenters. The van der Waals surface area contributed by atoms with E-state index in [-0.39, 0.29) is 16.8 Å². The SMILES string of the molecule is Cc1cc(C(=O)NC2CC3CCC(C2)N3)cc(S(N)(=O)=O)c1C. The second kappa shape index (κ2) is 5.89. The third-order valence-corrected chi connectivity index (χ3v) is 6.03. The topological polar surface area (TPSA) is 101 Å². The maximum Gasteiger partial charge on any atom is 0.251 e. The molecule has 2 fully saturated rings. The first-order valence-corrected chi connectivity index (χ1v) is 9.49. The van der Waals surface area contributed by atoms with Gasteiger partial charge in [-0.15, -0.1) is 0 Å². The summed E-state index contributed by atoms with van der Waals surface area (Å²) >= 11 is 0. The number of carbonyl (C=O) groups excluding carboxylic acids is 1. The lowest BCUT2D eigenvalue weighted by Crippen LogP contribution is -2.48. The second-order valence-corrected chi connectivity index (χ2v) is 8.27. The number of primary sulfonamides is 1. The van der Waals surface area contributed by atoms with E-state index in [1.54, 1.807) is 19.9 Å². The van der Waals surface area contributed by atoms with Gasteiger partial charge in [0.15, 0.2) is 0 Å². The van der Waals surface area contributed by atoms with Crippen molar-refractivity contribution in [3.05, 3.63) is 28.8 Å². The molecular weight excluding hydrogens is 314 g/mol. The lowest BCUT2D eigenvalue weighted by atomic mass is 9.99. The standard InChI is InChI=1S/C16H23N3O3S/c1-9-5-11(6-15(10(9)2)23(17,21)22)16(20)19-14-7-12-3-4-13(8-14)18-12/h5-6,12-14,18H,3-4,7-8H2,1-2H3,(H,19,20)(H2,17,21,22). The van der Waals surface area contributed by atoms with E-state index in [9.17, 15) is 13.2 Å². The van der Waals surface area contributed by atoms with E-state index in [1.165, 1.54) is 6.07 Å². The van der Waals surface area contributed by atoms with Gasteiger partial charge in [-0.2, -0.15) is 0 Å². The first kappa shape index (κ1) is 16.4. The fourth-order valence-corrected chi connectivity index (χ4v) is 4.58. The highest BCUT2D eigenvalue weighted by Crippen LogP contribution is 2.27. The smallest absolute Gasteiger partial charge is 0.251 e. The number of fused-ring (bicyclic) bond motifs is 2. The summed E-state index contributed by atoms with van der Waals surface area (Å²) in [5, 5.41) is 11.8. The van der Waals surface area contributed by atoms with Gasteiger partial charge in [0, 0.05) is 23.7 Å². The monoisotopic (exact) mass is 337 g/mol. The summed E-state index contributed by atoms with van der Waals surface area (Å²) in [4.78, 5) is 12.5. The van der Waals surface area contributed by atoms with Crippen LogP contribution in [0.15, 0.2) is 17.0 Å². The number of nitrogens with two attached hydrogens (primary N) is 1. The summed E-state index contributed by atoms with van der Waals surface area (Å²) in [6.45, 7) is 3.48. The minimum Gasteiger partial charge on any atom is -0.349 e. The van der Waals surface area contributed by atoms with Gasteiger partial charge < -0.3 is 10.6 Å². The van der Waals surface area contributed by atoms with Crippen LogP contribution in [0, 0.1) is 13.8 Å². The van der Waals surface area contributed by atoms with Gasteiger partial charge in [-0.1, -0.05) is 0 Å². The molecule has 3 rings (SSSR count). The first-order valence-electron chi connectivity index (χ1n) is 7.95. The Morgan fingerprint density at radius 3 is 2.39 bits per heavy atom. The number of amides is 1. The lowest BCUT2D eigenvalue weighted by molar-refractivity contribution is 0.0923. The molecule has 126 valence electrons. The van der Waals surface area contributed by atoms with Gasteiger partial charge in [-0.25, -0.2) is 13.6 Å². The van der Waals surface area contributed by atoms with Crippen molar-refractivity contribution in [2.24, 2.45) is 5.14 Å². The molecule has 0 saturated carbocycles. The highest BCUT2D eigenvalue weighted by Gasteiger charge is 2.34. The Hall–Kier alpha value is -1.44. The predicted molar refractivity (Wildman–Crippen MR) is 87.7 cm³/mol. The molecule has 1 aromatic rings. The quantitative estimate of drug-likeness (QED) is 0.765. The maximum absolute atomic E-state index is 12.5. The second-order valence-electron chi connectivity index (χ2n) is 6.74. The number of hydrogen-bond acceptors (Lipinski definition) is 4.